The summed E-state index contributed by atoms with van der Waals surface area (Å²) >= 11 is 0. The van der Waals surface area contributed by atoms with E-state index in [1.54, 1.807) is 0 Å². The number of fused-ring (bicyclic) bond motifs is 6. The SMILES string of the molecule is c1ccc(-c2cccc(N(c3ccc(C4(c5ccccc5)c5ccccc5-c5ccccc54)cc3)c3ccc4c5c(-c6ccccc6)cccc5n(-c5ccccc5)c4c3)c2)cc1. The van der Waals surface area contributed by atoms with Crippen molar-refractivity contribution in [1.29, 1.82) is 0 Å². The van der Waals surface area contributed by atoms with E-state index in [0.29, 0.717) is 0 Å². The molecule has 1 aromatic heterocycles. The highest BCUT2D eigenvalue weighted by Crippen LogP contribution is 2.56. The van der Waals surface area contributed by atoms with Gasteiger partial charge in [0.05, 0.1) is 16.4 Å². The van der Waals surface area contributed by atoms with Gasteiger partial charge in [-0.1, -0.05) is 200 Å². The van der Waals surface area contributed by atoms with Gasteiger partial charge in [0.15, 0.2) is 0 Å². The lowest BCUT2D eigenvalue weighted by Gasteiger charge is -2.34. The summed E-state index contributed by atoms with van der Waals surface area (Å²) in [6.45, 7) is 0. The Labute approximate surface area is 368 Å². The number of nitrogens with zero attached hydrogens (tertiary/aromatic N) is 2. The van der Waals surface area contributed by atoms with Crippen LogP contribution in [0.3, 0.4) is 0 Å². The molecule has 0 N–H and O–H groups in total. The first-order chi connectivity index (χ1) is 31.3. The lowest BCUT2D eigenvalue weighted by Crippen LogP contribution is -2.28. The van der Waals surface area contributed by atoms with Gasteiger partial charge >= 0.3 is 0 Å². The van der Waals surface area contributed by atoms with Gasteiger partial charge in [-0.25, -0.2) is 0 Å². The van der Waals surface area contributed by atoms with Gasteiger partial charge in [0.2, 0.25) is 0 Å². The van der Waals surface area contributed by atoms with Crippen LogP contribution in [0.15, 0.2) is 255 Å². The summed E-state index contributed by atoms with van der Waals surface area (Å²) < 4.78 is 2.43. The van der Waals surface area contributed by atoms with E-state index >= 15 is 0 Å². The number of para-hydroxylation sites is 1. The fraction of sp³-hybridized carbons (Fsp3) is 0.0164. The molecule has 2 heteroatoms. The lowest BCUT2D eigenvalue weighted by molar-refractivity contribution is 0.768. The smallest absolute Gasteiger partial charge is 0.0713 e. The zero-order valence-corrected chi connectivity index (χ0v) is 34.6. The lowest BCUT2D eigenvalue weighted by atomic mass is 9.68. The molecule has 0 atom stereocenters. The molecule has 0 fully saturated rings. The Morgan fingerprint density at radius 2 is 0.825 bits per heavy atom. The van der Waals surface area contributed by atoms with Crippen molar-refractivity contribution < 1.29 is 0 Å². The molecule has 296 valence electrons. The fourth-order valence-corrected chi connectivity index (χ4v) is 10.4. The van der Waals surface area contributed by atoms with Crippen LogP contribution < -0.4 is 4.90 Å². The van der Waals surface area contributed by atoms with Crippen molar-refractivity contribution in [3.8, 4) is 39.1 Å². The first-order valence-corrected chi connectivity index (χ1v) is 21.8. The summed E-state index contributed by atoms with van der Waals surface area (Å²) in [6.07, 6.45) is 0. The second-order valence-electron chi connectivity index (χ2n) is 16.4. The second-order valence-corrected chi connectivity index (χ2v) is 16.4. The molecule has 10 aromatic carbocycles. The Balaban J connectivity index is 1.09. The molecule has 11 aromatic rings. The molecule has 0 unspecified atom stereocenters. The zero-order chi connectivity index (χ0) is 41.7. The van der Waals surface area contributed by atoms with Gasteiger partial charge < -0.3 is 9.47 Å². The van der Waals surface area contributed by atoms with Crippen molar-refractivity contribution >= 4 is 38.9 Å². The Morgan fingerprint density at radius 3 is 1.51 bits per heavy atom. The van der Waals surface area contributed by atoms with Gasteiger partial charge in [0.1, 0.15) is 0 Å². The molecule has 2 nitrogen and oxygen atoms in total. The summed E-state index contributed by atoms with van der Waals surface area (Å²) in [4.78, 5) is 2.42. The molecule has 0 saturated heterocycles. The number of aromatic nitrogens is 1. The van der Waals surface area contributed by atoms with Gasteiger partial charge in [0.25, 0.3) is 0 Å². The van der Waals surface area contributed by atoms with E-state index in [2.05, 4.69) is 264 Å². The highest BCUT2D eigenvalue weighted by molar-refractivity contribution is 6.16. The average molecular weight is 803 g/mol. The number of benzene rings is 10. The van der Waals surface area contributed by atoms with Crippen LogP contribution in [0, 0.1) is 0 Å². The van der Waals surface area contributed by atoms with E-state index in [1.165, 1.54) is 71.9 Å². The highest BCUT2D eigenvalue weighted by atomic mass is 15.1. The first-order valence-electron chi connectivity index (χ1n) is 21.8. The second kappa shape index (κ2) is 15.1. The predicted molar refractivity (Wildman–Crippen MR) is 264 cm³/mol. The summed E-state index contributed by atoms with van der Waals surface area (Å²) in [5.74, 6) is 0. The third-order valence-electron chi connectivity index (χ3n) is 13.1. The quantitative estimate of drug-likeness (QED) is 0.149. The van der Waals surface area contributed by atoms with Crippen molar-refractivity contribution in [2.24, 2.45) is 0 Å². The van der Waals surface area contributed by atoms with E-state index in [1.807, 2.05) is 0 Å². The molecule has 1 aliphatic rings. The standard InChI is InChI=1S/C61H42N2/c1-5-19-43(20-6-1)45-23-17-28-50(41-45)62(49-37-35-47(36-38-49)61(46-24-9-3-10-25-46)56-32-15-13-29-53(56)54-30-14-16-33-57(54)61)51-39-40-55-59(42-51)63(48-26-11-4-12-27-48)58-34-18-31-52(60(55)58)44-21-7-2-8-22-44/h1-42H. The third kappa shape index (κ3) is 5.87. The molecule has 1 aliphatic carbocycles. The molecule has 1 heterocycles. The van der Waals surface area contributed by atoms with Crippen LogP contribution in [0.2, 0.25) is 0 Å². The van der Waals surface area contributed by atoms with Gasteiger partial charge in [-0.15, -0.1) is 0 Å². The topological polar surface area (TPSA) is 8.17 Å². The van der Waals surface area contributed by atoms with E-state index in [0.717, 1.165) is 28.3 Å². The normalized spacial score (nSPS) is 12.6. The molecular formula is C61H42N2. The number of hydrogen-bond donors (Lipinski definition) is 0. The van der Waals surface area contributed by atoms with Crippen LogP contribution in [0.1, 0.15) is 22.3 Å². The molecule has 0 spiro atoms. The Morgan fingerprint density at radius 1 is 0.317 bits per heavy atom. The van der Waals surface area contributed by atoms with Crippen molar-refractivity contribution in [2.75, 3.05) is 4.90 Å². The van der Waals surface area contributed by atoms with Crippen molar-refractivity contribution in [3.63, 3.8) is 0 Å². The van der Waals surface area contributed by atoms with Crippen LogP contribution in [0.4, 0.5) is 17.1 Å². The predicted octanol–water partition coefficient (Wildman–Crippen LogP) is 16.0. The van der Waals surface area contributed by atoms with Crippen molar-refractivity contribution in [2.45, 2.75) is 5.41 Å². The van der Waals surface area contributed by atoms with Crippen LogP contribution >= 0.6 is 0 Å². The molecule has 12 rings (SSSR count). The molecule has 0 amide bonds. The molecule has 0 bridgehead atoms. The number of hydrogen-bond acceptors (Lipinski definition) is 1. The zero-order valence-electron chi connectivity index (χ0n) is 34.6. The Kier molecular flexibility index (Phi) is 8.76. The van der Waals surface area contributed by atoms with Gasteiger partial charge in [-0.05, 0) is 110 Å². The highest BCUT2D eigenvalue weighted by Gasteiger charge is 2.45. The fourth-order valence-electron chi connectivity index (χ4n) is 10.4. The minimum atomic E-state index is -0.475. The van der Waals surface area contributed by atoms with Crippen LogP contribution in [-0.2, 0) is 5.41 Å². The molecular weight excluding hydrogens is 761 g/mol. The average Bonchev–Trinajstić information content (AvgIpc) is 3.86. The summed E-state index contributed by atoms with van der Waals surface area (Å²) in [5, 5.41) is 2.47. The minimum absolute atomic E-state index is 0.475. The van der Waals surface area contributed by atoms with E-state index < -0.39 is 5.41 Å². The summed E-state index contributed by atoms with van der Waals surface area (Å²) in [7, 11) is 0. The minimum Gasteiger partial charge on any atom is -0.310 e. The van der Waals surface area contributed by atoms with E-state index in [-0.39, 0.29) is 0 Å². The largest absolute Gasteiger partial charge is 0.310 e. The maximum absolute atomic E-state index is 2.43. The van der Waals surface area contributed by atoms with Crippen LogP contribution in [-0.4, -0.2) is 4.57 Å². The number of rotatable bonds is 8. The van der Waals surface area contributed by atoms with E-state index in [9.17, 15) is 0 Å². The van der Waals surface area contributed by atoms with Gasteiger partial charge in [-0.2, -0.15) is 0 Å². The summed E-state index contributed by atoms with van der Waals surface area (Å²) in [5.41, 5.74) is 18.7. The first kappa shape index (κ1) is 36.6. The Bertz CT molecular complexity index is 3380. The van der Waals surface area contributed by atoms with Crippen molar-refractivity contribution in [1.82, 2.24) is 4.57 Å². The van der Waals surface area contributed by atoms with Gasteiger partial charge in [0, 0.05) is 33.5 Å². The van der Waals surface area contributed by atoms with E-state index in [4.69, 9.17) is 0 Å². The van der Waals surface area contributed by atoms with Crippen LogP contribution in [0.5, 0.6) is 0 Å². The maximum Gasteiger partial charge on any atom is 0.0713 e. The molecule has 63 heavy (non-hydrogen) atoms. The van der Waals surface area contributed by atoms with Gasteiger partial charge in [-0.3, -0.25) is 0 Å². The molecule has 0 radical (unpaired) electrons. The molecule has 0 saturated carbocycles. The van der Waals surface area contributed by atoms with Crippen LogP contribution in [0.25, 0.3) is 60.9 Å². The van der Waals surface area contributed by atoms with Crippen molar-refractivity contribution in [3.05, 3.63) is 277 Å². The Hall–Kier alpha value is -8.20. The molecule has 0 aliphatic heterocycles. The number of anilines is 3. The third-order valence-corrected chi connectivity index (χ3v) is 13.1. The summed E-state index contributed by atoms with van der Waals surface area (Å²) in [6, 6.07) is 93.2. The monoisotopic (exact) mass is 802 g/mol. The maximum atomic E-state index is 2.43.